The maximum Gasteiger partial charge on any atom is 0.0991 e. The molecule has 0 spiro atoms. The largest absolute Gasteiger partial charge is 0.340 e. The van der Waals surface area contributed by atoms with Gasteiger partial charge in [-0.15, -0.1) is 0 Å². The summed E-state index contributed by atoms with van der Waals surface area (Å²) in [6.07, 6.45) is 6.73. The third kappa shape index (κ3) is 5.90. The third-order valence-corrected chi connectivity index (χ3v) is 10.6. The molecule has 46 heavy (non-hydrogen) atoms. The van der Waals surface area contributed by atoms with Gasteiger partial charge in [0.25, 0.3) is 0 Å². The minimum atomic E-state index is 0.177. The maximum absolute atomic E-state index is 9.15. The Morgan fingerprint density at radius 1 is 0.717 bits per heavy atom. The van der Waals surface area contributed by atoms with E-state index in [9.17, 15) is 0 Å². The van der Waals surface area contributed by atoms with Crippen molar-refractivity contribution in [3.05, 3.63) is 119 Å². The monoisotopic (exact) mass is 624 g/mol. The molecule has 4 aromatic rings. The van der Waals surface area contributed by atoms with Crippen LogP contribution in [0, 0.1) is 11.3 Å². The molecule has 0 bridgehead atoms. The minimum Gasteiger partial charge on any atom is -0.340 e. The Balaban J connectivity index is 1.04. The molecule has 0 aliphatic carbocycles. The van der Waals surface area contributed by atoms with Gasteiger partial charge in [-0.05, 0) is 65.1 Å². The zero-order valence-electron chi connectivity index (χ0n) is 26.9. The summed E-state index contributed by atoms with van der Waals surface area (Å²) in [6, 6.07) is 35.1. The highest BCUT2D eigenvalue weighted by Gasteiger charge is 2.30. The molecule has 3 aliphatic rings. The minimum absolute atomic E-state index is 0.177. The Kier molecular flexibility index (Phi) is 8.55. The molecule has 0 fully saturated rings. The van der Waals surface area contributed by atoms with Crippen LogP contribution in [0.3, 0.4) is 0 Å². The van der Waals surface area contributed by atoms with Gasteiger partial charge in [0.15, 0.2) is 0 Å². The van der Waals surface area contributed by atoms with Crippen molar-refractivity contribution in [2.24, 2.45) is 10.2 Å². The van der Waals surface area contributed by atoms with Gasteiger partial charge in [-0.25, -0.2) is 0 Å². The van der Waals surface area contributed by atoms with E-state index in [0.717, 1.165) is 36.4 Å². The van der Waals surface area contributed by atoms with E-state index in [1.54, 1.807) is 0 Å². The molecular formula is C39H40N6S. The van der Waals surface area contributed by atoms with Gasteiger partial charge >= 0.3 is 0 Å². The van der Waals surface area contributed by atoms with Gasteiger partial charge in [-0.1, -0.05) is 92.5 Å². The van der Waals surface area contributed by atoms with Crippen LogP contribution in [0.4, 0.5) is 11.4 Å². The number of nitrogens with zero attached hydrogens (tertiary/aromatic N) is 6. The molecule has 0 radical (unpaired) electrons. The van der Waals surface area contributed by atoms with E-state index in [1.807, 2.05) is 48.1 Å². The Bertz CT molecular complexity index is 1820. The molecule has 0 saturated heterocycles. The van der Waals surface area contributed by atoms with Crippen LogP contribution >= 0.6 is 11.8 Å². The van der Waals surface area contributed by atoms with Crippen LogP contribution in [-0.2, 0) is 0 Å². The Hall–Kier alpha value is -4.54. The van der Waals surface area contributed by atoms with Crippen molar-refractivity contribution in [1.82, 2.24) is 10.0 Å². The second kappa shape index (κ2) is 13.1. The van der Waals surface area contributed by atoms with Crippen LogP contribution in [0.5, 0.6) is 0 Å². The smallest absolute Gasteiger partial charge is 0.0991 e. The maximum atomic E-state index is 9.15. The second-order valence-corrected chi connectivity index (χ2v) is 13.6. The fourth-order valence-corrected chi connectivity index (χ4v) is 8.01. The average Bonchev–Trinajstić information content (AvgIpc) is 3.68. The molecule has 3 heterocycles. The summed E-state index contributed by atoms with van der Waals surface area (Å²) >= 11 is 1.88. The van der Waals surface area contributed by atoms with E-state index >= 15 is 0 Å². The van der Waals surface area contributed by atoms with E-state index < -0.39 is 0 Å². The molecule has 3 aliphatic heterocycles. The molecule has 4 aromatic carbocycles. The second-order valence-electron chi connectivity index (χ2n) is 12.5. The first-order valence-corrected chi connectivity index (χ1v) is 17.2. The first-order chi connectivity index (χ1) is 22.5. The van der Waals surface area contributed by atoms with Crippen LogP contribution in [-0.4, -0.2) is 42.1 Å². The number of hydrazone groups is 2. The van der Waals surface area contributed by atoms with E-state index in [2.05, 4.69) is 96.7 Å². The lowest BCUT2D eigenvalue weighted by molar-refractivity contribution is 0.290. The van der Waals surface area contributed by atoms with Gasteiger partial charge in [-0.2, -0.15) is 15.5 Å². The summed E-state index contributed by atoms with van der Waals surface area (Å²) in [5.41, 5.74) is 10.4. The van der Waals surface area contributed by atoms with Gasteiger partial charge in [-0.3, -0.25) is 10.0 Å². The number of nitriles is 1. The highest BCUT2D eigenvalue weighted by Crippen LogP contribution is 2.49. The third-order valence-electron chi connectivity index (χ3n) is 9.48. The lowest BCUT2D eigenvalue weighted by Gasteiger charge is -2.33. The van der Waals surface area contributed by atoms with Crippen LogP contribution in [0.2, 0.25) is 0 Å². The molecule has 2 unspecified atom stereocenters. The predicted octanol–water partition coefficient (Wildman–Crippen LogP) is 9.30. The van der Waals surface area contributed by atoms with Gasteiger partial charge in [0, 0.05) is 43.3 Å². The molecule has 0 saturated carbocycles. The normalized spacial score (nSPS) is 18.6. The number of unbranched alkanes of at least 4 members (excludes halogenated alkanes) is 3. The number of anilines is 2. The molecule has 0 amide bonds. The van der Waals surface area contributed by atoms with Crippen molar-refractivity contribution in [2.75, 3.05) is 25.5 Å². The van der Waals surface area contributed by atoms with Crippen molar-refractivity contribution >= 4 is 34.6 Å². The first kappa shape index (κ1) is 30.1. The predicted molar refractivity (Wildman–Crippen MR) is 189 cm³/mol. The van der Waals surface area contributed by atoms with E-state index in [4.69, 9.17) is 15.5 Å². The molecule has 0 aromatic heterocycles. The summed E-state index contributed by atoms with van der Waals surface area (Å²) < 4.78 is 0. The highest BCUT2D eigenvalue weighted by atomic mass is 32.2. The molecule has 7 heteroatoms. The summed E-state index contributed by atoms with van der Waals surface area (Å²) in [4.78, 5) is 5.16. The van der Waals surface area contributed by atoms with Crippen molar-refractivity contribution in [1.29, 1.82) is 5.26 Å². The first-order valence-electron chi connectivity index (χ1n) is 16.4. The lowest BCUT2D eigenvalue weighted by Crippen LogP contribution is -2.22. The molecule has 0 N–H and O–H groups in total. The number of para-hydroxylation sites is 1. The zero-order valence-corrected chi connectivity index (χ0v) is 27.7. The van der Waals surface area contributed by atoms with Crippen molar-refractivity contribution in [2.45, 2.75) is 67.3 Å². The molecular weight excluding hydrogens is 585 g/mol. The van der Waals surface area contributed by atoms with E-state index in [1.165, 1.54) is 63.5 Å². The topological polar surface area (TPSA) is 58.2 Å². The summed E-state index contributed by atoms with van der Waals surface area (Å²) in [7, 11) is 4.12. The lowest BCUT2D eigenvalue weighted by atomic mass is 9.95. The number of hydrogen-bond acceptors (Lipinski definition) is 7. The Labute approximate surface area is 277 Å². The van der Waals surface area contributed by atoms with Crippen molar-refractivity contribution in [3.63, 3.8) is 0 Å². The summed E-state index contributed by atoms with van der Waals surface area (Å²) in [5, 5.41) is 23.2. The number of rotatable bonds is 9. The Morgan fingerprint density at radius 3 is 2.00 bits per heavy atom. The van der Waals surface area contributed by atoms with Gasteiger partial charge < -0.3 is 4.90 Å². The van der Waals surface area contributed by atoms with Gasteiger partial charge in [0.05, 0.1) is 46.5 Å². The van der Waals surface area contributed by atoms with Crippen LogP contribution < -0.4 is 4.90 Å². The van der Waals surface area contributed by atoms with E-state index in [0.29, 0.717) is 5.56 Å². The number of fused-ring (bicyclic) bond motifs is 2. The fourth-order valence-electron chi connectivity index (χ4n) is 6.88. The molecule has 7 rings (SSSR count). The molecule has 6 nitrogen and oxygen atoms in total. The quantitative estimate of drug-likeness (QED) is 0.174. The number of hydrogen-bond donors (Lipinski definition) is 0. The SMILES string of the molecule is CCCCCCN1c2ccccc2Sc2cc(C3=NN(C)C(c4ccc(C5=NN(C)C(c6ccc(C#N)cc6)C5)cc4)C3)ccc21. The number of benzene rings is 4. The van der Waals surface area contributed by atoms with Gasteiger partial charge in [0.1, 0.15) is 0 Å². The van der Waals surface area contributed by atoms with Crippen molar-refractivity contribution in [3.8, 4) is 6.07 Å². The van der Waals surface area contributed by atoms with Crippen LogP contribution in [0.1, 0.15) is 85.3 Å². The molecule has 2 atom stereocenters. The highest BCUT2D eigenvalue weighted by molar-refractivity contribution is 7.99. The van der Waals surface area contributed by atoms with Gasteiger partial charge in [0.2, 0.25) is 0 Å². The van der Waals surface area contributed by atoms with Crippen molar-refractivity contribution < 1.29 is 0 Å². The standard InChI is InChI=1S/C39H40N6S/c1-4-5-6-9-22-45-34-10-7-8-11-38(34)46-39-23-31(20-21-35(39)45)33-25-37(44(3)42-33)30-18-16-28(17-19-30)32-24-36(43(2)41-32)29-14-12-27(26-40)13-15-29/h7-8,10-21,23,36-37H,4-6,9,22,24-25H2,1-3H3. The zero-order chi connectivity index (χ0) is 31.6. The molecule has 232 valence electrons. The summed E-state index contributed by atoms with van der Waals surface area (Å²) in [6.45, 7) is 3.32. The fraction of sp³-hybridized carbons (Fsp3) is 0.308. The summed E-state index contributed by atoms with van der Waals surface area (Å²) in [5.74, 6) is 0. The van der Waals surface area contributed by atoms with Crippen LogP contribution in [0.15, 0.2) is 111 Å². The average molecular weight is 625 g/mol. The Morgan fingerprint density at radius 2 is 1.33 bits per heavy atom. The van der Waals surface area contributed by atoms with E-state index in [-0.39, 0.29) is 12.1 Å². The van der Waals surface area contributed by atoms with Crippen LogP contribution in [0.25, 0.3) is 0 Å².